The van der Waals surface area contributed by atoms with Crippen LogP contribution in [0.2, 0.25) is 0 Å². The Morgan fingerprint density at radius 1 is 1.56 bits per heavy atom. The van der Waals surface area contributed by atoms with Gasteiger partial charge in [-0.3, -0.25) is 4.79 Å². The zero-order valence-electron chi connectivity index (χ0n) is 10.1. The molecule has 1 amide bonds. The van der Waals surface area contributed by atoms with E-state index in [4.69, 9.17) is 0 Å². The third-order valence-electron chi connectivity index (χ3n) is 2.17. The Bertz CT molecular complexity index is 513. The van der Waals surface area contributed by atoms with Crippen molar-refractivity contribution in [3.63, 3.8) is 0 Å². The van der Waals surface area contributed by atoms with Gasteiger partial charge >= 0.3 is 0 Å². The molecule has 0 bridgehead atoms. The van der Waals surface area contributed by atoms with Crippen molar-refractivity contribution in [3.05, 3.63) is 15.9 Å². The molecule has 5 nitrogen and oxygen atoms in total. The van der Waals surface area contributed by atoms with Crippen molar-refractivity contribution in [2.24, 2.45) is 0 Å². The van der Waals surface area contributed by atoms with E-state index in [1.807, 2.05) is 6.92 Å². The molecule has 0 aromatic carbocycles. The van der Waals surface area contributed by atoms with Crippen LogP contribution in [0.3, 0.4) is 0 Å². The second-order valence-electron chi connectivity index (χ2n) is 3.67. The number of carbonyl (C=O) groups excluding carboxylic acids is 1. The summed E-state index contributed by atoms with van der Waals surface area (Å²) >= 11 is 4.30. The molecule has 1 rings (SSSR count). The number of amides is 1. The molecule has 0 saturated carbocycles. The van der Waals surface area contributed by atoms with E-state index >= 15 is 0 Å². The third kappa shape index (κ3) is 3.78. The van der Waals surface area contributed by atoms with Crippen molar-refractivity contribution in [1.82, 2.24) is 9.62 Å². The van der Waals surface area contributed by atoms with Gasteiger partial charge in [0.15, 0.2) is 0 Å². The van der Waals surface area contributed by atoms with Crippen LogP contribution in [-0.2, 0) is 14.8 Å². The maximum atomic E-state index is 12.1. The number of nitrogens with one attached hydrogen (secondary N) is 1. The molecule has 0 radical (unpaired) electrons. The average Bonchev–Trinajstić information content (AvgIpc) is 2.73. The monoisotopic (exact) mass is 354 g/mol. The number of hydrogen-bond acceptors (Lipinski definition) is 4. The van der Waals surface area contributed by atoms with Crippen LogP contribution in [0.15, 0.2) is 20.1 Å². The normalized spacial score (nSPS) is 11.8. The molecule has 8 heteroatoms. The molecule has 0 saturated heterocycles. The Morgan fingerprint density at radius 2 is 2.22 bits per heavy atom. The molecule has 1 aromatic rings. The Labute approximate surface area is 119 Å². The van der Waals surface area contributed by atoms with E-state index in [9.17, 15) is 13.2 Å². The number of likely N-dealkylation sites (N-methyl/N-ethyl adjacent to an activating group) is 1. The van der Waals surface area contributed by atoms with Gasteiger partial charge in [0, 0.05) is 18.1 Å². The van der Waals surface area contributed by atoms with Crippen LogP contribution in [0.1, 0.15) is 13.3 Å². The Morgan fingerprint density at radius 3 is 2.72 bits per heavy atom. The van der Waals surface area contributed by atoms with Crippen molar-refractivity contribution in [3.8, 4) is 0 Å². The highest BCUT2D eigenvalue weighted by Crippen LogP contribution is 2.29. The highest BCUT2D eigenvalue weighted by molar-refractivity contribution is 9.10. The van der Waals surface area contributed by atoms with E-state index in [-0.39, 0.29) is 16.7 Å². The van der Waals surface area contributed by atoms with Crippen LogP contribution in [0.25, 0.3) is 0 Å². The van der Waals surface area contributed by atoms with Gasteiger partial charge in [0.05, 0.1) is 6.54 Å². The van der Waals surface area contributed by atoms with E-state index < -0.39 is 10.0 Å². The van der Waals surface area contributed by atoms with E-state index in [2.05, 4.69) is 21.2 Å². The number of thiophene rings is 1. The highest BCUT2D eigenvalue weighted by atomic mass is 79.9. The molecule has 0 spiro atoms. The summed E-state index contributed by atoms with van der Waals surface area (Å²) < 4.78 is 26.1. The van der Waals surface area contributed by atoms with Gasteiger partial charge in [-0.15, -0.1) is 11.3 Å². The first-order valence-electron chi connectivity index (χ1n) is 5.35. The minimum atomic E-state index is -3.60. The third-order valence-corrected chi connectivity index (χ3v) is 6.62. The van der Waals surface area contributed by atoms with Crippen molar-refractivity contribution in [2.75, 3.05) is 20.1 Å². The molecular weight excluding hydrogens is 340 g/mol. The first-order chi connectivity index (χ1) is 8.39. The van der Waals surface area contributed by atoms with Crippen LogP contribution in [0.5, 0.6) is 0 Å². The molecule has 0 fully saturated rings. The zero-order chi connectivity index (χ0) is 13.8. The summed E-state index contributed by atoms with van der Waals surface area (Å²) in [5.41, 5.74) is 0. The average molecular weight is 355 g/mol. The fourth-order valence-corrected chi connectivity index (χ4v) is 4.84. The van der Waals surface area contributed by atoms with E-state index in [1.165, 1.54) is 7.05 Å². The minimum absolute atomic E-state index is 0.174. The Kier molecular flexibility index (Phi) is 5.77. The van der Waals surface area contributed by atoms with Gasteiger partial charge in [0.1, 0.15) is 4.21 Å². The van der Waals surface area contributed by atoms with Crippen LogP contribution < -0.4 is 5.32 Å². The van der Waals surface area contributed by atoms with Gasteiger partial charge in [-0.05, 0) is 33.8 Å². The summed E-state index contributed by atoms with van der Waals surface area (Å²) in [5.74, 6) is -0.296. The van der Waals surface area contributed by atoms with Crippen molar-refractivity contribution in [1.29, 1.82) is 0 Å². The number of rotatable bonds is 6. The standard InChI is InChI=1S/C10H15BrN2O3S2/c1-3-5-12-9(14)7-13(2)18(15,16)10-8(11)4-6-17-10/h4,6H,3,5,7H2,1-2H3,(H,12,14). The van der Waals surface area contributed by atoms with E-state index in [1.54, 1.807) is 11.4 Å². The Balaban J connectivity index is 2.75. The minimum Gasteiger partial charge on any atom is -0.355 e. The van der Waals surface area contributed by atoms with Crippen molar-refractivity contribution < 1.29 is 13.2 Å². The lowest BCUT2D eigenvalue weighted by molar-refractivity contribution is -0.121. The summed E-state index contributed by atoms with van der Waals surface area (Å²) in [7, 11) is -2.21. The number of hydrogen-bond donors (Lipinski definition) is 1. The van der Waals surface area contributed by atoms with Gasteiger partial charge in [0.2, 0.25) is 5.91 Å². The predicted molar refractivity (Wildman–Crippen MR) is 75.1 cm³/mol. The Hall–Kier alpha value is -0.440. The predicted octanol–water partition coefficient (Wildman–Crippen LogP) is 1.66. The molecule has 18 heavy (non-hydrogen) atoms. The number of nitrogens with zero attached hydrogens (tertiary/aromatic N) is 1. The van der Waals surface area contributed by atoms with Crippen molar-refractivity contribution >= 4 is 43.2 Å². The smallest absolute Gasteiger partial charge is 0.253 e. The molecule has 1 N–H and O–H groups in total. The lowest BCUT2D eigenvalue weighted by Gasteiger charge is -2.15. The number of halogens is 1. The molecule has 102 valence electrons. The zero-order valence-corrected chi connectivity index (χ0v) is 13.4. The number of carbonyl (C=O) groups is 1. The second-order valence-corrected chi connectivity index (χ2v) is 7.68. The second kappa shape index (κ2) is 6.65. The molecular formula is C10H15BrN2O3S2. The molecule has 0 aliphatic rings. The fourth-order valence-electron chi connectivity index (χ4n) is 1.21. The van der Waals surface area contributed by atoms with Crippen molar-refractivity contribution in [2.45, 2.75) is 17.6 Å². The van der Waals surface area contributed by atoms with E-state index in [0.717, 1.165) is 22.1 Å². The summed E-state index contributed by atoms with van der Waals surface area (Å²) in [6, 6.07) is 1.67. The SMILES string of the molecule is CCCNC(=O)CN(C)S(=O)(=O)c1sccc1Br. The van der Waals surface area contributed by atoms with Gasteiger partial charge in [-0.1, -0.05) is 6.92 Å². The molecule has 0 aliphatic carbocycles. The fraction of sp³-hybridized carbons (Fsp3) is 0.500. The molecule has 0 aliphatic heterocycles. The molecule has 0 unspecified atom stereocenters. The first-order valence-corrected chi connectivity index (χ1v) is 8.47. The highest BCUT2D eigenvalue weighted by Gasteiger charge is 2.26. The van der Waals surface area contributed by atoms with Crippen LogP contribution in [-0.4, -0.2) is 38.8 Å². The van der Waals surface area contributed by atoms with Crippen LogP contribution in [0, 0.1) is 0 Å². The summed E-state index contributed by atoms with van der Waals surface area (Å²) in [6.07, 6.45) is 0.818. The van der Waals surface area contributed by atoms with Gasteiger partial charge in [0.25, 0.3) is 10.0 Å². The molecule has 1 heterocycles. The van der Waals surface area contributed by atoms with Crippen LogP contribution in [0.4, 0.5) is 0 Å². The van der Waals surface area contributed by atoms with E-state index in [0.29, 0.717) is 11.0 Å². The molecule has 0 atom stereocenters. The summed E-state index contributed by atoms with van der Waals surface area (Å²) in [4.78, 5) is 11.5. The number of sulfonamides is 1. The topological polar surface area (TPSA) is 66.5 Å². The maximum absolute atomic E-state index is 12.1. The summed E-state index contributed by atoms with van der Waals surface area (Å²) in [6.45, 7) is 2.31. The largest absolute Gasteiger partial charge is 0.355 e. The maximum Gasteiger partial charge on any atom is 0.253 e. The van der Waals surface area contributed by atoms with Gasteiger partial charge in [-0.2, -0.15) is 4.31 Å². The van der Waals surface area contributed by atoms with Gasteiger partial charge < -0.3 is 5.32 Å². The quantitative estimate of drug-likeness (QED) is 0.844. The molecule has 1 aromatic heterocycles. The lowest BCUT2D eigenvalue weighted by atomic mass is 10.4. The lowest BCUT2D eigenvalue weighted by Crippen LogP contribution is -2.38. The van der Waals surface area contributed by atoms with Crippen LogP contribution >= 0.6 is 27.3 Å². The first kappa shape index (κ1) is 15.6. The summed E-state index contributed by atoms with van der Waals surface area (Å²) in [5, 5.41) is 4.32. The van der Waals surface area contributed by atoms with Gasteiger partial charge in [-0.25, -0.2) is 8.42 Å².